The van der Waals surface area contributed by atoms with Crippen molar-refractivity contribution in [2.24, 2.45) is 5.92 Å². The molecule has 19 heteroatoms. The molecule has 0 rings (SSSR count). The monoisotopic (exact) mass is 1410 g/mol. The predicted octanol–water partition coefficient (Wildman–Crippen LogP) is 22.4. The summed E-state index contributed by atoms with van der Waals surface area (Å²) in [6, 6.07) is 0. The number of aliphatic hydroxyl groups excluding tert-OH is 1. The number of allylic oxidation sites excluding steroid dienone is 4. The van der Waals surface area contributed by atoms with Gasteiger partial charge < -0.3 is 33.8 Å². The Bertz CT molecular complexity index is 1930. The Morgan fingerprint density at radius 2 is 0.562 bits per heavy atom. The molecule has 0 aliphatic rings. The molecular formula is C77H146O17P2. The van der Waals surface area contributed by atoms with E-state index in [1.807, 2.05) is 0 Å². The van der Waals surface area contributed by atoms with E-state index in [4.69, 9.17) is 37.0 Å². The van der Waals surface area contributed by atoms with Crippen LogP contribution in [0.4, 0.5) is 0 Å². The summed E-state index contributed by atoms with van der Waals surface area (Å²) >= 11 is 0. The van der Waals surface area contributed by atoms with Gasteiger partial charge in [0.15, 0.2) is 12.2 Å². The molecule has 3 N–H and O–H groups in total. The van der Waals surface area contributed by atoms with Crippen LogP contribution in [0.1, 0.15) is 381 Å². The molecule has 0 aromatic heterocycles. The molecule has 0 fully saturated rings. The second-order valence-corrected chi connectivity index (χ2v) is 30.4. The molecule has 0 saturated carbocycles. The van der Waals surface area contributed by atoms with Gasteiger partial charge >= 0.3 is 39.5 Å². The van der Waals surface area contributed by atoms with E-state index in [2.05, 4.69) is 58.9 Å². The molecule has 566 valence electrons. The minimum absolute atomic E-state index is 0.0844. The van der Waals surface area contributed by atoms with E-state index in [0.717, 1.165) is 115 Å². The van der Waals surface area contributed by atoms with Crippen LogP contribution in [-0.2, 0) is 65.4 Å². The van der Waals surface area contributed by atoms with Crippen molar-refractivity contribution in [3.8, 4) is 0 Å². The fourth-order valence-electron chi connectivity index (χ4n) is 11.3. The summed E-state index contributed by atoms with van der Waals surface area (Å²) in [5.41, 5.74) is 0. The number of hydrogen-bond acceptors (Lipinski definition) is 15. The first kappa shape index (κ1) is 93.5. The van der Waals surface area contributed by atoms with Gasteiger partial charge in [0.2, 0.25) is 0 Å². The van der Waals surface area contributed by atoms with Gasteiger partial charge in [0.25, 0.3) is 0 Å². The number of rotatable bonds is 75. The Morgan fingerprint density at radius 1 is 0.323 bits per heavy atom. The van der Waals surface area contributed by atoms with E-state index in [1.54, 1.807) is 0 Å². The zero-order chi connectivity index (χ0) is 70.5. The Balaban J connectivity index is 5.16. The lowest BCUT2D eigenvalue weighted by Gasteiger charge is -2.21. The molecule has 17 nitrogen and oxygen atoms in total. The molecule has 0 heterocycles. The largest absolute Gasteiger partial charge is 0.472 e. The average Bonchev–Trinajstić information content (AvgIpc) is 1.08. The average molecular weight is 1410 g/mol. The lowest BCUT2D eigenvalue weighted by Crippen LogP contribution is -2.30. The summed E-state index contributed by atoms with van der Waals surface area (Å²) in [7, 11) is -9.91. The van der Waals surface area contributed by atoms with E-state index in [-0.39, 0.29) is 25.7 Å². The summed E-state index contributed by atoms with van der Waals surface area (Å²) < 4.78 is 68.3. The fraction of sp³-hybridized carbons (Fsp3) is 0.896. The molecule has 0 amide bonds. The topological polar surface area (TPSA) is 237 Å². The first-order chi connectivity index (χ1) is 46.5. The molecule has 0 aromatic carbocycles. The van der Waals surface area contributed by atoms with Gasteiger partial charge in [0.05, 0.1) is 26.4 Å². The zero-order valence-electron chi connectivity index (χ0n) is 62.0. The summed E-state index contributed by atoms with van der Waals surface area (Å²) in [5, 5.41) is 10.6. The van der Waals surface area contributed by atoms with Gasteiger partial charge in [-0.2, -0.15) is 0 Å². The highest BCUT2D eigenvalue weighted by Crippen LogP contribution is 2.45. The molecule has 0 bridgehead atoms. The Hall–Kier alpha value is -2.46. The lowest BCUT2D eigenvalue weighted by atomic mass is 10.0. The van der Waals surface area contributed by atoms with Crippen LogP contribution in [0.15, 0.2) is 24.3 Å². The first-order valence-electron chi connectivity index (χ1n) is 39.5. The van der Waals surface area contributed by atoms with Crippen LogP contribution in [0.5, 0.6) is 0 Å². The van der Waals surface area contributed by atoms with Gasteiger partial charge in [0, 0.05) is 25.7 Å². The van der Waals surface area contributed by atoms with Crippen molar-refractivity contribution in [2.75, 3.05) is 39.6 Å². The second kappa shape index (κ2) is 69.6. The van der Waals surface area contributed by atoms with Crippen LogP contribution in [-0.4, -0.2) is 96.7 Å². The van der Waals surface area contributed by atoms with Gasteiger partial charge in [-0.1, -0.05) is 329 Å². The van der Waals surface area contributed by atoms with E-state index < -0.39 is 97.5 Å². The molecule has 96 heavy (non-hydrogen) atoms. The van der Waals surface area contributed by atoms with Crippen LogP contribution in [0.2, 0.25) is 0 Å². The zero-order valence-corrected chi connectivity index (χ0v) is 63.8. The van der Waals surface area contributed by atoms with E-state index >= 15 is 0 Å². The lowest BCUT2D eigenvalue weighted by molar-refractivity contribution is -0.161. The predicted molar refractivity (Wildman–Crippen MR) is 391 cm³/mol. The second-order valence-electron chi connectivity index (χ2n) is 27.5. The normalized spacial score (nSPS) is 14.1. The maximum Gasteiger partial charge on any atom is 0.472 e. The smallest absolute Gasteiger partial charge is 0.462 e. The molecule has 0 aromatic rings. The highest BCUT2D eigenvalue weighted by molar-refractivity contribution is 7.47. The van der Waals surface area contributed by atoms with Gasteiger partial charge in [-0.15, -0.1) is 0 Å². The third kappa shape index (κ3) is 70.0. The molecule has 2 unspecified atom stereocenters. The first-order valence-corrected chi connectivity index (χ1v) is 42.4. The van der Waals surface area contributed by atoms with Gasteiger partial charge in [-0.05, 0) is 57.3 Å². The van der Waals surface area contributed by atoms with Crippen molar-refractivity contribution in [1.82, 2.24) is 0 Å². The number of esters is 4. The number of aliphatic hydroxyl groups is 1. The van der Waals surface area contributed by atoms with Crippen LogP contribution in [0, 0.1) is 5.92 Å². The summed E-state index contributed by atoms with van der Waals surface area (Å²) in [6.45, 7) is 7.16. The number of carbonyl (C=O) groups is 4. The van der Waals surface area contributed by atoms with Gasteiger partial charge in [-0.25, -0.2) is 9.13 Å². The van der Waals surface area contributed by atoms with E-state index in [1.165, 1.54) is 186 Å². The Morgan fingerprint density at radius 3 is 0.854 bits per heavy atom. The molecule has 0 radical (unpaired) electrons. The van der Waals surface area contributed by atoms with Gasteiger partial charge in [0.1, 0.15) is 19.3 Å². The minimum atomic E-state index is -4.96. The number of phosphoric acid groups is 2. The van der Waals surface area contributed by atoms with Gasteiger partial charge in [-0.3, -0.25) is 37.3 Å². The summed E-state index contributed by atoms with van der Waals surface area (Å²) in [4.78, 5) is 72.5. The summed E-state index contributed by atoms with van der Waals surface area (Å²) in [6.07, 6.45) is 62.3. The molecular weight excluding hydrogens is 1260 g/mol. The number of unbranched alkanes of at least 4 members (excludes halogenated alkanes) is 44. The maximum atomic E-state index is 13.1. The van der Waals surface area contributed by atoms with Crippen LogP contribution in [0.3, 0.4) is 0 Å². The summed E-state index contributed by atoms with van der Waals surface area (Å²) in [5.74, 6) is -1.37. The minimum Gasteiger partial charge on any atom is -0.462 e. The van der Waals surface area contributed by atoms with E-state index in [0.29, 0.717) is 25.7 Å². The van der Waals surface area contributed by atoms with Crippen LogP contribution >= 0.6 is 15.6 Å². The number of hydrogen-bond donors (Lipinski definition) is 3. The number of ether oxygens (including phenoxy) is 4. The quantitative estimate of drug-likeness (QED) is 0.0169. The van der Waals surface area contributed by atoms with Crippen molar-refractivity contribution < 1.29 is 80.2 Å². The molecule has 0 spiro atoms. The van der Waals surface area contributed by atoms with Crippen molar-refractivity contribution in [1.29, 1.82) is 0 Å². The third-order valence-electron chi connectivity index (χ3n) is 17.4. The van der Waals surface area contributed by atoms with E-state index in [9.17, 15) is 43.2 Å². The highest BCUT2D eigenvalue weighted by Gasteiger charge is 2.30. The fourth-order valence-corrected chi connectivity index (χ4v) is 12.9. The Labute approximate surface area is 586 Å². The maximum absolute atomic E-state index is 13.1. The molecule has 5 atom stereocenters. The van der Waals surface area contributed by atoms with Crippen molar-refractivity contribution in [3.63, 3.8) is 0 Å². The molecule has 0 saturated heterocycles. The van der Waals surface area contributed by atoms with Crippen molar-refractivity contribution in [3.05, 3.63) is 24.3 Å². The molecule has 0 aliphatic carbocycles. The van der Waals surface area contributed by atoms with Crippen LogP contribution in [0.25, 0.3) is 0 Å². The third-order valence-corrected chi connectivity index (χ3v) is 19.3. The van der Waals surface area contributed by atoms with Crippen molar-refractivity contribution in [2.45, 2.75) is 400 Å². The SMILES string of the molecule is CCCCCC/C=C\C=C/CCCCCCCC(=O)O[C@H](COC(=O)CCCCCCC)COP(=O)(O)OC[C@H](O)COP(=O)(O)OC[C@@H](COC(=O)CCCCCCCCCCCCCCCC(C)C)OC(=O)CCCCCCCCCCCCCCCCCCCCCC. The Kier molecular flexibility index (Phi) is 67.8. The van der Waals surface area contributed by atoms with Crippen LogP contribution < -0.4 is 0 Å². The van der Waals surface area contributed by atoms with Crippen molar-refractivity contribution >= 4 is 39.5 Å². The number of carbonyl (C=O) groups excluding carboxylic acids is 4. The number of phosphoric ester groups is 2. The highest BCUT2D eigenvalue weighted by atomic mass is 31.2. The standard InChI is InChI=1S/C77H146O17P2/c1-6-9-12-15-17-19-21-23-25-26-27-28-29-31-35-40-44-48-53-58-63-77(82)94-73(67-88-75(80)61-56-51-46-42-38-36-32-33-37-41-45-50-54-59-70(4)5)69-92-96(85,86)90-65-71(78)64-89-95(83,84)91-68-72(66-87-74(79)60-55-49-14-11-8-3)93-76(81)62-57-52-47-43-39-34-30-24-22-20-18-16-13-10-7-2/h20,22,24,30,70-73,78H,6-19,21,23,25-29,31-69H2,1-5H3,(H,83,84)(H,85,86)/b22-20-,30-24-/t71-,72+,73+/m0/s1. The molecule has 0 aliphatic heterocycles.